The summed E-state index contributed by atoms with van der Waals surface area (Å²) in [5.41, 5.74) is -1.11. The number of rotatable bonds is 3. The second kappa shape index (κ2) is 6.87. The van der Waals surface area contributed by atoms with Crippen molar-refractivity contribution in [2.75, 3.05) is 16.3 Å². The zero-order chi connectivity index (χ0) is 20.8. The fraction of sp³-hybridized carbons (Fsp3) is 0.583. The minimum absolute atomic E-state index is 0.217. The van der Waals surface area contributed by atoms with Gasteiger partial charge in [0.2, 0.25) is 5.28 Å². The maximum absolute atomic E-state index is 13.2. The average Bonchev–Trinajstić information content (AvgIpc) is 2.44. The summed E-state index contributed by atoms with van der Waals surface area (Å²) in [5.74, 6) is -3.05. The van der Waals surface area contributed by atoms with Crippen molar-refractivity contribution in [3.8, 4) is 0 Å². The Hall–Kier alpha value is -1.99. The molecule has 15 heteroatoms. The van der Waals surface area contributed by atoms with Crippen LogP contribution in [0.1, 0.15) is 12.8 Å². The van der Waals surface area contributed by atoms with E-state index in [1.54, 1.807) is 0 Å². The Kier molecular flexibility index (Phi) is 5.42. The van der Waals surface area contributed by atoms with Crippen LogP contribution in [-0.2, 0) is 4.79 Å². The summed E-state index contributed by atoms with van der Waals surface area (Å²) in [6.07, 6.45) is -18.8. The SMILES string of the molecule is O=C1C(CC(F)(F)F)N(CCC(F)(F)F)c2nc(Cl)ncc2N1C(F)(F)F. The number of amides is 1. The largest absolute Gasteiger partial charge is 0.491 e. The van der Waals surface area contributed by atoms with Gasteiger partial charge < -0.3 is 4.90 Å². The Morgan fingerprint density at radius 3 is 2.11 bits per heavy atom. The highest BCUT2D eigenvalue weighted by Gasteiger charge is 2.54. The quantitative estimate of drug-likeness (QED) is 0.412. The summed E-state index contributed by atoms with van der Waals surface area (Å²) in [6.45, 7) is -1.23. The van der Waals surface area contributed by atoms with Gasteiger partial charge in [0.1, 0.15) is 11.7 Å². The topological polar surface area (TPSA) is 49.3 Å². The Balaban J connectivity index is 2.60. The average molecular weight is 431 g/mol. The lowest BCUT2D eigenvalue weighted by atomic mass is 10.1. The van der Waals surface area contributed by atoms with Gasteiger partial charge >= 0.3 is 18.7 Å². The van der Waals surface area contributed by atoms with Crippen LogP contribution in [0.15, 0.2) is 6.20 Å². The molecule has 0 bridgehead atoms. The van der Waals surface area contributed by atoms with Crippen LogP contribution in [0.5, 0.6) is 0 Å². The first-order chi connectivity index (χ1) is 12.1. The monoisotopic (exact) mass is 430 g/mol. The summed E-state index contributed by atoms with van der Waals surface area (Å²) in [7, 11) is 0. The molecule has 1 aliphatic rings. The van der Waals surface area contributed by atoms with Crippen molar-refractivity contribution in [2.45, 2.75) is 37.5 Å². The summed E-state index contributed by atoms with van der Waals surface area (Å²) in [5, 5.41) is -0.715. The molecule has 2 rings (SSSR count). The van der Waals surface area contributed by atoms with Gasteiger partial charge in [-0.25, -0.2) is 9.88 Å². The van der Waals surface area contributed by atoms with Gasteiger partial charge in [-0.2, -0.15) is 31.3 Å². The van der Waals surface area contributed by atoms with E-state index in [0.717, 1.165) is 0 Å². The maximum Gasteiger partial charge on any atom is 0.491 e. The first-order valence-corrected chi connectivity index (χ1v) is 7.31. The third kappa shape index (κ3) is 5.05. The Morgan fingerprint density at radius 2 is 1.63 bits per heavy atom. The van der Waals surface area contributed by atoms with E-state index in [-0.39, 0.29) is 4.90 Å². The van der Waals surface area contributed by atoms with Crippen LogP contribution in [-0.4, -0.2) is 47.1 Å². The molecule has 0 saturated heterocycles. The van der Waals surface area contributed by atoms with Crippen LogP contribution in [0.25, 0.3) is 0 Å². The van der Waals surface area contributed by atoms with Gasteiger partial charge in [0.25, 0.3) is 5.91 Å². The van der Waals surface area contributed by atoms with E-state index in [1.807, 2.05) is 0 Å². The predicted octanol–water partition coefficient (Wildman–Crippen LogP) is 4.08. The van der Waals surface area contributed by atoms with E-state index in [1.165, 1.54) is 0 Å². The lowest BCUT2D eigenvalue weighted by Gasteiger charge is -2.42. The zero-order valence-electron chi connectivity index (χ0n) is 12.8. The van der Waals surface area contributed by atoms with E-state index in [0.29, 0.717) is 6.20 Å². The molecular weight excluding hydrogens is 423 g/mol. The van der Waals surface area contributed by atoms with Crippen LogP contribution in [0.2, 0.25) is 5.28 Å². The van der Waals surface area contributed by atoms with Crippen LogP contribution >= 0.6 is 11.6 Å². The summed E-state index contributed by atoms with van der Waals surface area (Å²) in [6, 6.07) is -2.60. The molecule has 152 valence electrons. The number of hydrogen-bond acceptors (Lipinski definition) is 4. The Labute approximate surface area is 149 Å². The van der Waals surface area contributed by atoms with E-state index < -0.39 is 71.7 Å². The van der Waals surface area contributed by atoms with Gasteiger partial charge in [-0.3, -0.25) is 4.79 Å². The predicted molar refractivity (Wildman–Crippen MR) is 73.1 cm³/mol. The standard InChI is InChI=1S/C12H8ClF9N4O/c13-9-23-4-6-7(24-9)25(2-1-10(14,15)16)5(3-11(17,18)19)8(27)26(6)12(20,21)22/h4-5H,1-3H2. The van der Waals surface area contributed by atoms with E-state index in [4.69, 9.17) is 11.6 Å². The number of carbonyl (C=O) groups is 1. The number of nitrogens with zero attached hydrogens (tertiary/aromatic N) is 4. The molecule has 1 aliphatic heterocycles. The van der Waals surface area contributed by atoms with Gasteiger partial charge in [0.05, 0.1) is 19.0 Å². The van der Waals surface area contributed by atoms with Crippen molar-refractivity contribution in [1.29, 1.82) is 0 Å². The zero-order valence-corrected chi connectivity index (χ0v) is 13.5. The molecule has 1 atom stereocenters. The van der Waals surface area contributed by atoms with Crippen LogP contribution in [0.4, 0.5) is 51.0 Å². The minimum Gasteiger partial charge on any atom is -0.342 e. The minimum atomic E-state index is -5.46. The second-order valence-corrected chi connectivity index (χ2v) is 5.72. The Morgan fingerprint density at radius 1 is 1.04 bits per heavy atom. The lowest BCUT2D eigenvalue weighted by Crippen LogP contribution is -2.59. The number of anilines is 2. The summed E-state index contributed by atoms with van der Waals surface area (Å²) < 4.78 is 116. The van der Waals surface area contributed by atoms with E-state index >= 15 is 0 Å². The molecule has 0 radical (unpaired) electrons. The highest BCUT2D eigenvalue weighted by Crippen LogP contribution is 2.43. The van der Waals surface area contributed by atoms with Crippen molar-refractivity contribution < 1.29 is 44.3 Å². The van der Waals surface area contributed by atoms with Crippen molar-refractivity contribution in [1.82, 2.24) is 9.97 Å². The number of hydrogen-bond donors (Lipinski definition) is 0. The molecule has 0 aromatic carbocycles. The second-order valence-electron chi connectivity index (χ2n) is 5.38. The highest BCUT2D eigenvalue weighted by atomic mass is 35.5. The van der Waals surface area contributed by atoms with Crippen molar-refractivity contribution in [3.05, 3.63) is 11.5 Å². The molecule has 0 saturated carbocycles. The first-order valence-electron chi connectivity index (χ1n) is 6.93. The fourth-order valence-electron chi connectivity index (χ4n) is 2.45. The molecular formula is C12H8ClF9N4O. The third-order valence-electron chi connectivity index (χ3n) is 3.43. The third-order valence-corrected chi connectivity index (χ3v) is 3.61. The fourth-order valence-corrected chi connectivity index (χ4v) is 2.58. The molecule has 5 nitrogen and oxygen atoms in total. The van der Waals surface area contributed by atoms with Crippen molar-refractivity contribution >= 4 is 29.0 Å². The van der Waals surface area contributed by atoms with Crippen molar-refractivity contribution in [2.24, 2.45) is 0 Å². The number of carbonyl (C=O) groups excluding carboxylic acids is 1. The molecule has 0 N–H and O–H groups in total. The number of aromatic nitrogens is 2. The van der Waals surface area contributed by atoms with Gasteiger partial charge in [-0.15, -0.1) is 13.2 Å². The van der Waals surface area contributed by atoms with Gasteiger partial charge in [-0.05, 0) is 11.6 Å². The highest BCUT2D eigenvalue weighted by molar-refractivity contribution is 6.28. The summed E-state index contributed by atoms with van der Waals surface area (Å²) >= 11 is 5.43. The molecule has 1 unspecified atom stereocenters. The van der Waals surface area contributed by atoms with Gasteiger partial charge in [-0.1, -0.05) is 0 Å². The van der Waals surface area contributed by atoms with Crippen molar-refractivity contribution in [3.63, 3.8) is 0 Å². The van der Waals surface area contributed by atoms with E-state index in [2.05, 4.69) is 9.97 Å². The maximum atomic E-state index is 13.2. The molecule has 1 aromatic rings. The number of fused-ring (bicyclic) bond motifs is 1. The van der Waals surface area contributed by atoms with Crippen LogP contribution in [0.3, 0.4) is 0 Å². The normalized spacial score (nSPS) is 18.7. The molecule has 27 heavy (non-hydrogen) atoms. The first kappa shape index (κ1) is 21.3. The van der Waals surface area contributed by atoms with Crippen LogP contribution in [0, 0.1) is 0 Å². The molecule has 0 aliphatic carbocycles. The number of alkyl halides is 9. The van der Waals surface area contributed by atoms with E-state index in [9.17, 15) is 44.3 Å². The van der Waals surface area contributed by atoms with Gasteiger partial charge in [0, 0.05) is 6.54 Å². The number of halogens is 10. The molecule has 0 spiro atoms. The molecule has 0 fully saturated rings. The van der Waals surface area contributed by atoms with Gasteiger partial charge in [0.15, 0.2) is 5.82 Å². The van der Waals surface area contributed by atoms with Crippen LogP contribution < -0.4 is 9.80 Å². The summed E-state index contributed by atoms with van der Waals surface area (Å²) in [4.78, 5) is 18.0. The lowest BCUT2D eigenvalue weighted by molar-refractivity contribution is -0.162. The molecule has 1 aromatic heterocycles. The molecule has 1 amide bonds. The Bertz CT molecular complexity index is 718. The smallest absolute Gasteiger partial charge is 0.342 e. The molecule has 2 heterocycles.